The summed E-state index contributed by atoms with van der Waals surface area (Å²) < 4.78 is 0. The molecule has 4 rings (SSSR count). The number of thioether (sulfide) groups is 1. The fourth-order valence-corrected chi connectivity index (χ4v) is 3.47. The molecule has 1 aromatic heterocycles. The maximum atomic E-state index is 4.84. The van der Waals surface area contributed by atoms with Gasteiger partial charge in [-0.05, 0) is 23.8 Å². The van der Waals surface area contributed by atoms with Crippen LogP contribution in [-0.2, 0) is 5.75 Å². The van der Waals surface area contributed by atoms with Crippen LogP contribution in [0.25, 0.3) is 22.2 Å². The summed E-state index contributed by atoms with van der Waals surface area (Å²) in [7, 11) is 0. The molecular formula is C16H11NS. The van der Waals surface area contributed by atoms with E-state index in [0.29, 0.717) is 0 Å². The zero-order valence-corrected chi connectivity index (χ0v) is 10.6. The van der Waals surface area contributed by atoms with Gasteiger partial charge in [0.1, 0.15) is 0 Å². The molecule has 1 aliphatic rings. The van der Waals surface area contributed by atoms with Crippen LogP contribution in [0.1, 0.15) is 5.56 Å². The Morgan fingerprint density at radius 2 is 1.78 bits per heavy atom. The lowest BCUT2D eigenvalue weighted by molar-refractivity contribution is 1.25. The van der Waals surface area contributed by atoms with E-state index in [4.69, 9.17) is 4.98 Å². The van der Waals surface area contributed by atoms with Gasteiger partial charge in [0.25, 0.3) is 0 Å². The van der Waals surface area contributed by atoms with Gasteiger partial charge in [-0.3, -0.25) is 0 Å². The van der Waals surface area contributed by atoms with Crippen molar-refractivity contribution in [3.05, 3.63) is 60.2 Å². The first kappa shape index (κ1) is 10.2. The van der Waals surface area contributed by atoms with Crippen LogP contribution in [-0.4, -0.2) is 4.98 Å². The Labute approximate surface area is 110 Å². The maximum Gasteiger partial charge on any atom is 0.0761 e. The topological polar surface area (TPSA) is 12.9 Å². The molecule has 0 fully saturated rings. The van der Waals surface area contributed by atoms with Crippen molar-refractivity contribution < 1.29 is 0 Å². The van der Waals surface area contributed by atoms with Gasteiger partial charge in [-0.25, -0.2) is 4.98 Å². The smallest absolute Gasteiger partial charge is 0.0761 e. The Morgan fingerprint density at radius 1 is 0.944 bits per heavy atom. The van der Waals surface area contributed by atoms with E-state index in [1.54, 1.807) is 0 Å². The highest BCUT2D eigenvalue weighted by atomic mass is 32.2. The minimum Gasteiger partial charge on any atom is -0.247 e. The van der Waals surface area contributed by atoms with Gasteiger partial charge < -0.3 is 0 Å². The molecule has 86 valence electrons. The van der Waals surface area contributed by atoms with E-state index in [9.17, 15) is 0 Å². The molecule has 0 aliphatic carbocycles. The number of benzene rings is 2. The molecule has 3 aromatic rings. The fraction of sp³-hybridized carbons (Fsp3) is 0.0625. The van der Waals surface area contributed by atoms with Gasteiger partial charge in [0.15, 0.2) is 0 Å². The summed E-state index contributed by atoms with van der Waals surface area (Å²) in [4.78, 5) is 6.18. The number of rotatable bonds is 0. The molecule has 0 spiro atoms. The molecular weight excluding hydrogens is 238 g/mol. The predicted molar refractivity (Wildman–Crippen MR) is 76.7 cm³/mol. The molecule has 18 heavy (non-hydrogen) atoms. The lowest BCUT2D eigenvalue weighted by Gasteiger charge is -2.18. The molecule has 0 unspecified atom stereocenters. The Kier molecular flexibility index (Phi) is 2.17. The summed E-state index contributed by atoms with van der Waals surface area (Å²) in [5.41, 5.74) is 4.85. The average molecular weight is 249 g/mol. The number of para-hydroxylation sites is 1. The van der Waals surface area contributed by atoms with Gasteiger partial charge in [-0.15, -0.1) is 11.8 Å². The van der Waals surface area contributed by atoms with Crippen molar-refractivity contribution in [3.63, 3.8) is 0 Å². The molecule has 0 amide bonds. The Morgan fingerprint density at radius 3 is 2.78 bits per heavy atom. The first-order chi connectivity index (χ1) is 8.92. The van der Waals surface area contributed by atoms with Crippen LogP contribution in [0.2, 0.25) is 0 Å². The van der Waals surface area contributed by atoms with E-state index >= 15 is 0 Å². The monoisotopic (exact) mass is 249 g/mol. The molecule has 2 heteroatoms. The molecule has 1 nitrogen and oxygen atoms in total. The quantitative estimate of drug-likeness (QED) is 0.581. The first-order valence-electron chi connectivity index (χ1n) is 6.03. The second kappa shape index (κ2) is 3.85. The largest absolute Gasteiger partial charge is 0.247 e. The van der Waals surface area contributed by atoms with Crippen molar-refractivity contribution in [1.29, 1.82) is 0 Å². The second-order valence-corrected chi connectivity index (χ2v) is 5.49. The van der Waals surface area contributed by atoms with E-state index < -0.39 is 0 Å². The van der Waals surface area contributed by atoms with Crippen molar-refractivity contribution in [2.75, 3.05) is 0 Å². The minimum atomic E-state index is 1.02. The third-order valence-corrected chi connectivity index (χ3v) is 4.45. The molecule has 0 saturated carbocycles. The van der Waals surface area contributed by atoms with Crippen LogP contribution in [0.5, 0.6) is 0 Å². The summed E-state index contributed by atoms with van der Waals surface area (Å²) in [5.74, 6) is 1.02. The average Bonchev–Trinajstić information content (AvgIpc) is 2.45. The van der Waals surface area contributed by atoms with Gasteiger partial charge >= 0.3 is 0 Å². The number of hydrogen-bond acceptors (Lipinski definition) is 2. The minimum absolute atomic E-state index is 1.02. The van der Waals surface area contributed by atoms with E-state index in [1.165, 1.54) is 21.4 Å². The number of aromatic nitrogens is 1. The maximum absolute atomic E-state index is 4.84. The highest BCUT2D eigenvalue weighted by molar-refractivity contribution is 7.98. The SMILES string of the molecule is c1ccc2c(c1)SCc1cc3ccccc3nc1-2. The van der Waals surface area contributed by atoms with E-state index in [1.807, 2.05) is 17.8 Å². The number of hydrogen-bond donors (Lipinski definition) is 0. The van der Waals surface area contributed by atoms with Gasteiger partial charge in [0.2, 0.25) is 0 Å². The third kappa shape index (κ3) is 1.46. The Balaban J connectivity index is 2.06. The summed E-state index contributed by atoms with van der Waals surface area (Å²) >= 11 is 1.90. The van der Waals surface area contributed by atoms with E-state index in [-0.39, 0.29) is 0 Å². The summed E-state index contributed by atoms with van der Waals surface area (Å²) in [6, 6.07) is 19.1. The highest BCUT2D eigenvalue weighted by Gasteiger charge is 2.17. The molecule has 0 saturated heterocycles. The summed E-state index contributed by atoms with van der Waals surface area (Å²) in [6.45, 7) is 0. The third-order valence-electron chi connectivity index (χ3n) is 3.33. The van der Waals surface area contributed by atoms with Crippen molar-refractivity contribution >= 4 is 22.7 Å². The first-order valence-corrected chi connectivity index (χ1v) is 7.01. The van der Waals surface area contributed by atoms with Crippen molar-refractivity contribution in [1.82, 2.24) is 4.98 Å². The van der Waals surface area contributed by atoms with Crippen LogP contribution in [0.15, 0.2) is 59.5 Å². The molecule has 0 radical (unpaired) electrons. The zero-order valence-electron chi connectivity index (χ0n) is 9.76. The number of pyridine rings is 1. The standard InChI is InChI=1S/C16H11NS/c1-3-7-14-11(5-1)9-12-10-18-15-8-4-2-6-13(15)16(12)17-14/h1-9H,10H2. The highest BCUT2D eigenvalue weighted by Crippen LogP contribution is 2.41. The van der Waals surface area contributed by atoms with Crippen LogP contribution >= 0.6 is 11.8 Å². The lowest BCUT2D eigenvalue weighted by atomic mass is 10.0. The van der Waals surface area contributed by atoms with Crippen LogP contribution in [0, 0.1) is 0 Å². The van der Waals surface area contributed by atoms with E-state index in [2.05, 4.69) is 48.5 Å². The van der Waals surface area contributed by atoms with Crippen LogP contribution in [0.3, 0.4) is 0 Å². The van der Waals surface area contributed by atoms with Crippen molar-refractivity contribution in [2.24, 2.45) is 0 Å². The van der Waals surface area contributed by atoms with Crippen LogP contribution < -0.4 is 0 Å². The van der Waals surface area contributed by atoms with Gasteiger partial charge in [-0.1, -0.05) is 36.4 Å². The van der Waals surface area contributed by atoms with Crippen molar-refractivity contribution in [2.45, 2.75) is 10.6 Å². The second-order valence-electron chi connectivity index (χ2n) is 4.47. The Bertz CT molecular complexity index is 749. The van der Waals surface area contributed by atoms with Crippen molar-refractivity contribution in [3.8, 4) is 11.3 Å². The van der Waals surface area contributed by atoms with Gasteiger partial charge in [-0.2, -0.15) is 0 Å². The Hall–Kier alpha value is -1.80. The summed E-state index contributed by atoms with van der Waals surface area (Å²) in [5, 5.41) is 1.23. The number of fused-ring (bicyclic) bond motifs is 4. The van der Waals surface area contributed by atoms with Gasteiger partial charge in [0, 0.05) is 21.6 Å². The lowest BCUT2D eigenvalue weighted by Crippen LogP contribution is -1.99. The number of nitrogens with zero attached hydrogens (tertiary/aromatic N) is 1. The van der Waals surface area contributed by atoms with E-state index in [0.717, 1.165) is 17.0 Å². The molecule has 0 atom stereocenters. The normalized spacial score (nSPS) is 13.1. The molecule has 1 aliphatic heterocycles. The molecule has 2 heterocycles. The predicted octanol–water partition coefficient (Wildman–Crippen LogP) is 4.51. The molecule has 0 N–H and O–H groups in total. The molecule has 2 aromatic carbocycles. The fourth-order valence-electron chi connectivity index (χ4n) is 2.45. The van der Waals surface area contributed by atoms with Crippen LogP contribution in [0.4, 0.5) is 0 Å². The summed E-state index contributed by atoms with van der Waals surface area (Å²) in [6.07, 6.45) is 0. The zero-order chi connectivity index (χ0) is 11.9. The van der Waals surface area contributed by atoms with Gasteiger partial charge in [0.05, 0.1) is 11.2 Å². The molecule has 0 bridgehead atoms.